The van der Waals surface area contributed by atoms with Crippen molar-refractivity contribution in [2.75, 3.05) is 10.6 Å². The van der Waals surface area contributed by atoms with Crippen LogP contribution >= 0.6 is 0 Å². The third-order valence-corrected chi connectivity index (χ3v) is 9.57. The average Bonchev–Trinajstić information content (AvgIpc) is 3.26. The van der Waals surface area contributed by atoms with E-state index in [1.165, 1.54) is 112 Å². The van der Waals surface area contributed by atoms with Crippen LogP contribution in [0.3, 0.4) is 0 Å². The SMILES string of the molecule is CCCCCCCCCCC1(CCCCCCCCCC)c2cc(NC(=O)OC(C)(C)C)ccc2-c2ccc(NC(=O)OC(C)(C)C)cc21. The van der Waals surface area contributed by atoms with Crippen LogP contribution in [0.1, 0.15) is 182 Å². The quantitative estimate of drug-likeness (QED) is 0.137. The van der Waals surface area contributed by atoms with Crippen LogP contribution in [0.15, 0.2) is 36.4 Å². The number of anilines is 2. The van der Waals surface area contributed by atoms with E-state index in [1.807, 2.05) is 53.7 Å². The molecule has 2 amide bonds. The van der Waals surface area contributed by atoms with Crippen LogP contribution in [0.4, 0.5) is 21.0 Å². The van der Waals surface area contributed by atoms with E-state index in [4.69, 9.17) is 9.47 Å². The second-order valence-corrected chi connectivity index (χ2v) is 16.3. The number of amides is 2. The van der Waals surface area contributed by atoms with Gasteiger partial charge >= 0.3 is 12.2 Å². The average molecular weight is 677 g/mol. The number of benzene rings is 2. The Hall–Kier alpha value is -3.02. The molecule has 3 rings (SSSR count). The zero-order chi connectivity index (χ0) is 35.9. The molecule has 0 radical (unpaired) electrons. The van der Waals surface area contributed by atoms with Crippen LogP contribution < -0.4 is 10.6 Å². The zero-order valence-electron chi connectivity index (χ0n) is 32.3. The van der Waals surface area contributed by atoms with Gasteiger partial charge in [0.2, 0.25) is 0 Å². The summed E-state index contributed by atoms with van der Waals surface area (Å²) in [5, 5.41) is 6.04. The molecule has 0 aliphatic heterocycles. The minimum atomic E-state index is -0.578. The molecule has 0 heterocycles. The molecule has 0 bridgehead atoms. The van der Waals surface area contributed by atoms with Gasteiger partial charge < -0.3 is 9.47 Å². The Kier molecular flexibility index (Phi) is 16.0. The molecule has 0 fully saturated rings. The minimum absolute atomic E-state index is 0.216. The second kappa shape index (κ2) is 19.4. The normalized spacial score (nSPS) is 13.5. The van der Waals surface area contributed by atoms with Gasteiger partial charge in [-0.1, -0.05) is 129 Å². The smallest absolute Gasteiger partial charge is 0.412 e. The summed E-state index contributed by atoms with van der Waals surface area (Å²) in [6.07, 6.45) is 21.5. The molecule has 6 heteroatoms. The van der Waals surface area contributed by atoms with Crippen molar-refractivity contribution in [2.24, 2.45) is 0 Å². The van der Waals surface area contributed by atoms with Crippen molar-refractivity contribution in [3.63, 3.8) is 0 Å². The first kappa shape index (κ1) is 40.4. The molecule has 0 saturated carbocycles. The maximum atomic E-state index is 12.8. The monoisotopic (exact) mass is 677 g/mol. The highest BCUT2D eigenvalue weighted by atomic mass is 16.6. The first-order valence-corrected chi connectivity index (χ1v) is 19.6. The molecular formula is C43H68N2O4. The predicted molar refractivity (Wildman–Crippen MR) is 207 cm³/mol. The first-order valence-electron chi connectivity index (χ1n) is 19.6. The zero-order valence-corrected chi connectivity index (χ0v) is 32.3. The van der Waals surface area contributed by atoms with Crippen molar-refractivity contribution in [2.45, 2.75) is 188 Å². The van der Waals surface area contributed by atoms with Crippen molar-refractivity contribution in [3.05, 3.63) is 47.5 Å². The summed E-state index contributed by atoms with van der Waals surface area (Å²) >= 11 is 0. The Balaban J connectivity index is 1.95. The van der Waals surface area contributed by atoms with E-state index in [1.54, 1.807) is 0 Å². The van der Waals surface area contributed by atoms with Gasteiger partial charge in [0, 0.05) is 16.8 Å². The van der Waals surface area contributed by atoms with E-state index in [0.717, 1.165) is 37.1 Å². The van der Waals surface area contributed by atoms with Gasteiger partial charge in [0.25, 0.3) is 0 Å². The van der Waals surface area contributed by atoms with E-state index in [2.05, 4.69) is 48.7 Å². The molecule has 0 atom stereocenters. The molecule has 1 aliphatic rings. The van der Waals surface area contributed by atoms with Gasteiger partial charge in [0.05, 0.1) is 0 Å². The maximum Gasteiger partial charge on any atom is 0.412 e. The van der Waals surface area contributed by atoms with E-state index >= 15 is 0 Å². The van der Waals surface area contributed by atoms with E-state index < -0.39 is 23.4 Å². The van der Waals surface area contributed by atoms with Gasteiger partial charge in [-0.05, 0) is 101 Å². The van der Waals surface area contributed by atoms with Gasteiger partial charge in [-0.25, -0.2) is 9.59 Å². The molecule has 1 aliphatic carbocycles. The summed E-state index contributed by atoms with van der Waals surface area (Å²) in [5.74, 6) is 0. The topological polar surface area (TPSA) is 76.7 Å². The number of carbonyl (C=O) groups excluding carboxylic acids is 2. The van der Waals surface area contributed by atoms with Crippen LogP contribution in [0.25, 0.3) is 11.1 Å². The summed E-state index contributed by atoms with van der Waals surface area (Å²) in [6, 6.07) is 12.7. The van der Waals surface area contributed by atoms with Crippen molar-refractivity contribution in [3.8, 4) is 11.1 Å². The molecule has 2 N–H and O–H groups in total. The van der Waals surface area contributed by atoms with Crippen LogP contribution in [-0.2, 0) is 14.9 Å². The van der Waals surface area contributed by atoms with Crippen molar-refractivity contribution in [1.82, 2.24) is 0 Å². The highest BCUT2D eigenvalue weighted by molar-refractivity contribution is 5.90. The number of hydrogen-bond donors (Lipinski definition) is 2. The Labute approximate surface area is 298 Å². The van der Waals surface area contributed by atoms with Crippen molar-refractivity contribution >= 4 is 23.6 Å². The third-order valence-electron chi connectivity index (χ3n) is 9.57. The van der Waals surface area contributed by atoms with Crippen molar-refractivity contribution in [1.29, 1.82) is 0 Å². The van der Waals surface area contributed by atoms with Crippen molar-refractivity contribution < 1.29 is 19.1 Å². The Bertz CT molecular complexity index is 1220. The lowest BCUT2D eigenvalue weighted by Gasteiger charge is -2.33. The molecule has 49 heavy (non-hydrogen) atoms. The molecule has 2 aromatic rings. The molecule has 0 unspecified atom stereocenters. The van der Waals surface area contributed by atoms with E-state index in [-0.39, 0.29) is 5.41 Å². The molecule has 0 aromatic heterocycles. The summed E-state index contributed by atoms with van der Waals surface area (Å²) in [6.45, 7) is 15.8. The van der Waals surface area contributed by atoms with Gasteiger partial charge in [0.1, 0.15) is 11.2 Å². The number of unbranched alkanes of at least 4 members (excludes halogenated alkanes) is 14. The van der Waals surface area contributed by atoms with Crippen LogP contribution in [-0.4, -0.2) is 23.4 Å². The number of ether oxygens (including phenoxy) is 2. The lowest BCUT2D eigenvalue weighted by molar-refractivity contribution is 0.0624. The molecule has 0 spiro atoms. The van der Waals surface area contributed by atoms with Crippen LogP contribution in [0, 0.1) is 0 Å². The Morgan fingerprint density at radius 2 is 0.857 bits per heavy atom. The summed E-state index contributed by atoms with van der Waals surface area (Å²) in [5.41, 5.74) is 5.12. The Morgan fingerprint density at radius 3 is 1.18 bits per heavy atom. The van der Waals surface area contributed by atoms with E-state index in [0.29, 0.717) is 0 Å². The van der Waals surface area contributed by atoms with E-state index in [9.17, 15) is 9.59 Å². The minimum Gasteiger partial charge on any atom is -0.444 e. The number of nitrogens with one attached hydrogen (secondary N) is 2. The van der Waals surface area contributed by atoms with Gasteiger partial charge in [-0.2, -0.15) is 0 Å². The number of rotatable bonds is 20. The maximum absolute atomic E-state index is 12.8. The highest BCUT2D eigenvalue weighted by Gasteiger charge is 2.43. The van der Waals surface area contributed by atoms with Gasteiger partial charge in [-0.3, -0.25) is 10.6 Å². The lowest BCUT2D eigenvalue weighted by atomic mass is 9.70. The van der Waals surface area contributed by atoms with Gasteiger partial charge in [-0.15, -0.1) is 0 Å². The molecule has 6 nitrogen and oxygen atoms in total. The Morgan fingerprint density at radius 1 is 0.531 bits per heavy atom. The summed E-state index contributed by atoms with van der Waals surface area (Å²) in [7, 11) is 0. The third kappa shape index (κ3) is 13.3. The lowest BCUT2D eigenvalue weighted by Crippen LogP contribution is -2.28. The standard InChI is InChI=1S/C43H68N2O4/c1-9-11-13-15-17-19-21-23-29-43(30-24-22-20-18-16-14-12-10-2)37-31-33(44-39(46)48-41(3,4)5)25-27-35(37)36-28-26-34(32-38(36)43)45-40(47)49-42(6,7)8/h25-28,31-32H,9-24,29-30H2,1-8H3,(H,44,46)(H,45,47). The summed E-state index contributed by atoms with van der Waals surface area (Å²) < 4.78 is 11.2. The number of hydrogen-bond acceptors (Lipinski definition) is 4. The second-order valence-electron chi connectivity index (χ2n) is 16.3. The largest absolute Gasteiger partial charge is 0.444 e. The molecule has 0 saturated heterocycles. The predicted octanol–water partition coefficient (Wildman–Crippen LogP) is 13.7. The fourth-order valence-electron chi connectivity index (χ4n) is 7.28. The number of carbonyl (C=O) groups is 2. The summed E-state index contributed by atoms with van der Waals surface area (Å²) in [4.78, 5) is 25.7. The fraction of sp³-hybridized carbons (Fsp3) is 0.674. The molecule has 274 valence electrons. The molecule has 2 aromatic carbocycles. The van der Waals surface area contributed by atoms with Crippen LogP contribution in [0.2, 0.25) is 0 Å². The highest BCUT2D eigenvalue weighted by Crippen LogP contribution is 2.55. The molecular weight excluding hydrogens is 608 g/mol. The first-order chi connectivity index (χ1) is 23.3. The van der Waals surface area contributed by atoms with Gasteiger partial charge in [0.15, 0.2) is 0 Å². The van der Waals surface area contributed by atoms with Crippen LogP contribution in [0.5, 0.6) is 0 Å². The number of fused-ring (bicyclic) bond motifs is 3. The fourth-order valence-corrected chi connectivity index (χ4v) is 7.28.